The Morgan fingerprint density at radius 1 is 0.743 bits per heavy atom. The Morgan fingerprint density at radius 3 is 1.94 bits per heavy atom. The second-order valence-corrected chi connectivity index (χ2v) is 8.15. The smallest absolute Gasteiger partial charge is 0.262 e. The van der Waals surface area contributed by atoms with E-state index in [-0.39, 0.29) is 41.7 Å². The van der Waals surface area contributed by atoms with Crippen LogP contribution in [0.2, 0.25) is 0 Å². The summed E-state index contributed by atoms with van der Waals surface area (Å²) < 4.78 is 23.6. The van der Waals surface area contributed by atoms with E-state index in [1.165, 1.54) is 31.4 Å². The van der Waals surface area contributed by atoms with E-state index in [9.17, 15) is 18.8 Å². The molecule has 3 aromatic carbocycles. The van der Waals surface area contributed by atoms with Gasteiger partial charge in [0.05, 0.1) is 18.6 Å². The van der Waals surface area contributed by atoms with Crippen molar-refractivity contribution in [3.8, 4) is 11.5 Å². The molecular weight excluding hydrogens is 473 g/mol. The van der Waals surface area contributed by atoms with Crippen LogP contribution in [0.25, 0.3) is 0 Å². The number of nitrogens with one attached hydrogen (secondary N) is 3. The van der Waals surface area contributed by atoms with Crippen LogP contribution in [0, 0.1) is 5.82 Å². The van der Waals surface area contributed by atoms with Crippen LogP contribution in [0.3, 0.4) is 0 Å². The number of carbonyl (C=O) groups is 3. The van der Waals surface area contributed by atoms with Gasteiger partial charge in [0.2, 0.25) is 11.8 Å². The average molecular weight is 498 g/mol. The number of hydrogen-bond acceptors (Lipinski definition) is 6. The number of thioether (sulfide) groups is 1. The first-order valence-electron chi connectivity index (χ1n) is 10.5. The van der Waals surface area contributed by atoms with Crippen LogP contribution in [0.5, 0.6) is 11.5 Å². The van der Waals surface area contributed by atoms with Crippen molar-refractivity contribution in [3.05, 3.63) is 78.6 Å². The minimum atomic E-state index is -0.390. The molecule has 0 bridgehead atoms. The first-order valence-corrected chi connectivity index (χ1v) is 11.7. The molecule has 8 nitrogen and oxygen atoms in total. The Balaban J connectivity index is 1.41. The standard InChI is InChI=1S/C25H24FN3O5S/c1-33-21-7-2-3-8-22(21)34-14-23(30)28-19-5-4-6-20(13-19)29-25(32)16-35-15-24(31)27-18-11-9-17(26)10-12-18/h2-13H,14-16H2,1H3,(H,27,31)(H,28,30)(H,29,32). The molecule has 0 unspecified atom stereocenters. The van der Waals surface area contributed by atoms with Gasteiger partial charge in [0, 0.05) is 17.1 Å². The third-order valence-electron chi connectivity index (χ3n) is 4.45. The van der Waals surface area contributed by atoms with Gasteiger partial charge in [-0.05, 0) is 54.6 Å². The summed E-state index contributed by atoms with van der Waals surface area (Å²) >= 11 is 1.14. The number of carbonyl (C=O) groups excluding carboxylic acids is 3. The number of hydrogen-bond donors (Lipinski definition) is 3. The first kappa shape index (κ1) is 25.6. The molecule has 3 amide bonds. The minimum Gasteiger partial charge on any atom is -0.493 e. The molecule has 10 heteroatoms. The highest BCUT2D eigenvalue weighted by Gasteiger charge is 2.10. The lowest BCUT2D eigenvalue weighted by molar-refractivity contribution is -0.118. The number of ether oxygens (including phenoxy) is 2. The van der Waals surface area contributed by atoms with E-state index in [0.717, 1.165) is 11.8 Å². The first-order chi connectivity index (χ1) is 16.9. The normalized spacial score (nSPS) is 10.2. The highest BCUT2D eigenvalue weighted by atomic mass is 32.2. The molecule has 0 atom stereocenters. The van der Waals surface area contributed by atoms with Crippen molar-refractivity contribution < 1.29 is 28.2 Å². The van der Waals surface area contributed by atoms with E-state index in [2.05, 4.69) is 16.0 Å². The van der Waals surface area contributed by atoms with E-state index in [4.69, 9.17) is 9.47 Å². The second-order valence-electron chi connectivity index (χ2n) is 7.16. The van der Waals surface area contributed by atoms with Gasteiger partial charge in [0.25, 0.3) is 5.91 Å². The average Bonchev–Trinajstić information content (AvgIpc) is 2.84. The van der Waals surface area contributed by atoms with Gasteiger partial charge in [-0.25, -0.2) is 4.39 Å². The van der Waals surface area contributed by atoms with E-state index >= 15 is 0 Å². The summed E-state index contributed by atoms with van der Waals surface area (Å²) in [4.78, 5) is 36.4. The van der Waals surface area contributed by atoms with Gasteiger partial charge < -0.3 is 25.4 Å². The molecule has 3 aromatic rings. The van der Waals surface area contributed by atoms with Crippen molar-refractivity contribution in [2.45, 2.75) is 0 Å². The molecular formula is C25H24FN3O5S. The van der Waals surface area contributed by atoms with Crippen LogP contribution >= 0.6 is 11.8 Å². The molecule has 0 fully saturated rings. The van der Waals surface area contributed by atoms with Gasteiger partial charge in [0.1, 0.15) is 5.82 Å². The number of benzene rings is 3. The van der Waals surface area contributed by atoms with Crippen LogP contribution in [-0.4, -0.2) is 42.9 Å². The summed E-state index contributed by atoms with van der Waals surface area (Å²) in [6.45, 7) is -0.215. The monoisotopic (exact) mass is 497 g/mol. The summed E-state index contributed by atoms with van der Waals surface area (Å²) in [5.41, 5.74) is 1.46. The molecule has 0 heterocycles. The number of methoxy groups -OCH3 is 1. The number of rotatable bonds is 11. The molecule has 0 aliphatic heterocycles. The highest BCUT2D eigenvalue weighted by Crippen LogP contribution is 2.25. The number of anilines is 3. The predicted octanol–water partition coefficient (Wildman–Crippen LogP) is 4.16. The fraction of sp³-hybridized carbons (Fsp3) is 0.160. The molecule has 0 spiro atoms. The summed E-state index contributed by atoms with van der Waals surface area (Å²) in [5, 5.41) is 8.07. The van der Waals surface area contributed by atoms with Gasteiger partial charge in [-0.1, -0.05) is 18.2 Å². The maximum absolute atomic E-state index is 12.9. The van der Waals surface area contributed by atoms with Crippen molar-refractivity contribution in [3.63, 3.8) is 0 Å². The number of para-hydroxylation sites is 2. The van der Waals surface area contributed by atoms with Crippen molar-refractivity contribution >= 4 is 46.5 Å². The third kappa shape index (κ3) is 8.67. The number of halogens is 1. The van der Waals surface area contributed by atoms with E-state index in [0.29, 0.717) is 28.6 Å². The minimum absolute atomic E-state index is 0.0557. The molecule has 182 valence electrons. The van der Waals surface area contributed by atoms with E-state index in [1.807, 2.05) is 0 Å². The Kier molecular flexibility index (Phi) is 9.49. The molecule has 0 saturated heterocycles. The zero-order valence-electron chi connectivity index (χ0n) is 18.9. The summed E-state index contributed by atoms with van der Waals surface area (Å²) in [5.74, 6) is -0.262. The summed E-state index contributed by atoms with van der Waals surface area (Å²) in [7, 11) is 1.52. The van der Waals surface area contributed by atoms with Crippen molar-refractivity contribution in [1.82, 2.24) is 0 Å². The van der Waals surface area contributed by atoms with Crippen LogP contribution in [0.4, 0.5) is 21.5 Å². The summed E-state index contributed by atoms with van der Waals surface area (Å²) in [6, 6.07) is 19.1. The Hall–Kier alpha value is -4.05. The quantitative estimate of drug-likeness (QED) is 0.367. The molecule has 3 rings (SSSR count). The third-order valence-corrected chi connectivity index (χ3v) is 5.38. The van der Waals surface area contributed by atoms with E-state index < -0.39 is 0 Å². The maximum atomic E-state index is 12.9. The largest absolute Gasteiger partial charge is 0.493 e. The molecule has 0 aliphatic rings. The van der Waals surface area contributed by atoms with Crippen LogP contribution in [0.1, 0.15) is 0 Å². The predicted molar refractivity (Wildman–Crippen MR) is 135 cm³/mol. The maximum Gasteiger partial charge on any atom is 0.262 e. The molecule has 0 aromatic heterocycles. The van der Waals surface area contributed by atoms with Crippen molar-refractivity contribution in [2.24, 2.45) is 0 Å². The lowest BCUT2D eigenvalue weighted by Gasteiger charge is -2.11. The van der Waals surface area contributed by atoms with Gasteiger partial charge >= 0.3 is 0 Å². The second kappa shape index (κ2) is 13.0. The van der Waals surface area contributed by atoms with Crippen LogP contribution < -0.4 is 25.4 Å². The van der Waals surface area contributed by atoms with Crippen LogP contribution in [0.15, 0.2) is 72.8 Å². The lowest BCUT2D eigenvalue weighted by Crippen LogP contribution is -2.21. The lowest BCUT2D eigenvalue weighted by atomic mass is 10.2. The Bertz CT molecular complexity index is 1170. The van der Waals surface area contributed by atoms with Crippen LogP contribution in [-0.2, 0) is 14.4 Å². The van der Waals surface area contributed by atoms with Gasteiger partial charge in [-0.2, -0.15) is 0 Å². The molecule has 0 aliphatic carbocycles. The molecule has 0 saturated carbocycles. The molecule has 3 N–H and O–H groups in total. The van der Waals surface area contributed by atoms with Crippen molar-refractivity contribution in [2.75, 3.05) is 41.2 Å². The Labute approximate surface area is 206 Å². The molecule has 0 radical (unpaired) electrons. The fourth-order valence-corrected chi connectivity index (χ4v) is 3.53. The number of amides is 3. The fourth-order valence-electron chi connectivity index (χ4n) is 2.92. The zero-order valence-corrected chi connectivity index (χ0v) is 19.7. The molecule has 35 heavy (non-hydrogen) atoms. The highest BCUT2D eigenvalue weighted by molar-refractivity contribution is 8.00. The van der Waals surface area contributed by atoms with Gasteiger partial charge in [-0.15, -0.1) is 11.8 Å². The topological polar surface area (TPSA) is 106 Å². The van der Waals surface area contributed by atoms with Crippen molar-refractivity contribution in [1.29, 1.82) is 0 Å². The zero-order chi connectivity index (χ0) is 25.0. The van der Waals surface area contributed by atoms with Gasteiger partial charge in [-0.3, -0.25) is 14.4 Å². The van der Waals surface area contributed by atoms with Gasteiger partial charge in [0.15, 0.2) is 18.1 Å². The Morgan fingerprint density at radius 2 is 1.31 bits per heavy atom. The van der Waals surface area contributed by atoms with E-state index in [1.54, 1.807) is 48.5 Å². The summed E-state index contributed by atoms with van der Waals surface area (Å²) in [6.07, 6.45) is 0. The SMILES string of the molecule is COc1ccccc1OCC(=O)Nc1cccc(NC(=O)CSCC(=O)Nc2ccc(F)cc2)c1.